The number of benzene rings is 3. The lowest BCUT2D eigenvalue weighted by Gasteiger charge is -2.15. The summed E-state index contributed by atoms with van der Waals surface area (Å²) in [6.07, 6.45) is -0.0147. The van der Waals surface area contributed by atoms with Gasteiger partial charge in [0.1, 0.15) is 6.17 Å². The summed E-state index contributed by atoms with van der Waals surface area (Å²) in [6.45, 7) is 0. The number of rotatable bonds is 3. The van der Waals surface area contributed by atoms with E-state index in [9.17, 15) is 0 Å². The first-order chi connectivity index (χ1) is 12.3. The molecule has 0 aromatic heterocycles. The van der Waals surface area contributed by atoms with E-state index in [0.29, 0.717) is 12.1 Å². The van der Waals surface area contributed by atoms with Crippen LogP contribution in [0.2, 0.25) is 5.02 Å². The number of fused-ring (bicyclic) bond motifs is 1. The highest BCUT2D eigenvalue weighted by Crippen LogP contribution is 2.56. The maximum Gasteiger partial charge on any atom is 0.131 e. The molecule has 1 fully saturated rings. The zero-order chi connectivity index (χ0) is 16.8. The molecular formula is C22H17ClN2. The van der Waals surface area contributed by atoms with E-state index in [1.165, 1.54) is 16.8 Å². The molecule has 25 heavy (non-hydrogen) atoms. The predicted octanol–water partition coefficient (Wildman–Crippen LogP) is 5.27. The third-order valence-corrected chi connectivity index (χ3v) is 5.41. The van der Waals surface area contributed by atoms with E-state index in [0.717, 1.165) is 10.6 Å². The van der Waals surface area contributed by atoms with Crippen LogP contribution in [0, 0.1) is 0 Å². The van der Waals surface area contributed by atoms with E-state index in [1.54, 1.807) is 0 Å². The normalized spacial score (nSPS) is 26.8. The van der Waals surface area contributed by atoms with E-state index in [2.05, 4.69) is 65.6 Å². The molecule has 3 heteroatoms. The van der Waals surface area contributed by atoms with Crippen LogP contribution in [-0.2, 0) is 0 Å². The second-order valence-corrected chi connectivity index (χ2v) is 6.93. The monoisotopic (exact) mass is 344 g/mol. The maximum atomic E-state index is 6.48. The maximum absolute atomic E-state index is 6.48. The van der Waals surface area contributed by atoms with Gasteiger partial charge in [0, 0.05) is 10.6 Å². The Kier molecular flexibility index (Phi) is 3.47. The van der Waals surface area contributed by atoms with Crippen molar-refractivity contribution in [1.82, 2.24) is 4.90 Å². The molecule has 1 unspecified atom stereocenters. The van der Waals surface area contributed by atoms with Gasteiger partial charge < -0.3 is 0 Å². The lowest BCUT2D eigenvalue weighted by molar-refractivity contribution is 0.404. The lowest BCUT2D eigenvalue weighted by atomic mass is 10.0. The highest BCUT2D eigenvalue weighted by molar-refractivity contribution is 6.31. The summed E-state index contributed by atoms with van der Waals surface area (Å²) in [5.74, 6) is 0. The van der Waals surface area contributed by atoms with E-state index in [4.69, 9.17) is 16.6 Å². The molecule has 3 aromatic carbocycles. The summed E-state index contributed by atoms with van der Waals surface area (Å²) >= 11 is 6.48. The van der Waals surface area contributed by atoms with Gasteiger partial charge in [-0.3, -0.25) is 9.89 Å². The van der Waals surface area contributed by atoms with Crippen LogP contribution in [0.1, 0.15) is 28.9 Å². The Morgan fingerprint density at radius 1 is 0.720 bits per heavy atom. The first kappa shape index (κ1) is 14.9. The molecule has 1 saturated heterocycles. The smallest absolute Gasteiger partial charge is 0.131 e. The highest BCUT2D eigenvalue weighted by Gasteiger charge is 2.59. The van der Waals surface area contributed by atoms with Crippen LogP contribution >= 0.6 is 11.6 Å². The number of aliphatic imine (C=N–C) groups is 1. The Balaban J connectivity index is 1.60. The fourth-order valence-corrected chi connectivity index (χ4v) is 4.12. The number of halogens is 1. The number of nitrogens with zero attached hydrogens (tertiary/aromatic N) is 2. The Labute approximate surface area is 152 Å². The van der Waals surface area contributed by atoms with Crippen LogP contribution in [0.3, 0.4) is 0 Å². The molecule has 4 atom stereocenters. The minimum absolute atomic E-state index is 0.0147. The van der Waals surface area contributed by atoms with Crippen molar-refractivity contribution in [2.75, 3.05) is 0 Å². The summed E-state index contributed by atoms with van der Waals surface area (Å²) < 4.78 is 0. The Morgan fingerprint density at radius 3 is 2.08 bits per heavy atom. The van der Waals surface area contributed by atoms with Gasteiger partial charge in [0.05, 0.1) is 17.8 Å². The third kappa shape index (κ3) is 2.41. The highest BCUT2D eigenvalue weighted by atomic mass is 35.5. The lowest BCUT2D eigenvalue weighted by Crippen LogP contribution is -2.08. The van der Waals surface area contributed by atoms with Gasteiger partial charge in [0.15, 0.2) is 0 Å². The average molecular weight is 345 g/mol. The molecule has 3 aromatic rings. The molecule has 5 rings (SSSR count). The Morgan fingerprint density at radius 2 is 1.36 bits per heavy atom. The molecule has 0 amide bonds. The van der Waals surface area contributed by atoms with Crippen LogP contribution in [0.15, 0.2) is 89.9 Å². The number of hydrogen-bond donors (Lipinski definition) is 0. The second kappa shape index (κ2) is 5.83. The molecule has 2 aliphatic heterocycles. The van der Waals surface area contributed by atoms with Crippen molar-refractivity contribution in [3.05, 3.63) is 107 Å². The summed E-state index contributed by atoms with van der Waals surface area (Å²) in [5.41, 5.74) is 4.79. The van der Waals surface area contributed by atoms with Gasteiger partial charge in [-0.1, -0.05) is 90.5 Å². The van der Waals surface area contributed by atoms with Gasteiger partial charge in [0.2, 0.25) is 0 Å². The topological polar surface area (TPSA) is 15.4 Å². The first-order valence-electron chi connectivity index (χ1n) is 8.54. The molecule has 0 N–H and O–H groups in total. The minimum Gasteiger partial charge on any atom is -0.263 e. The molecular weight excluding hydrogens is 328 g/mol. The van der Waals surface area contributed by atoms with Crippen molar-refractivity contribution in [1.29, 1.82) is 0 Å². The largest absolute Gasteiger partial charge is 0.263 e. The molecule has 0 aliphatic carbocycles. The summed E-state index contributed by atoms with van der Waals surface area (Å²) in [4.78, 5) is 7.51. The molecule has 0 saturated carbocycles. The van der Waals surface area contributed by atoms with Gasteiger partial charge in [-0.15, -0.1) is 0 Å². The predicted molar refractivity (Wildman–Crippen MR) is 102 cm³/mol. The minimum atomic E-state index is -0.0147. The molecule has 0 radical (unpaired) electrons. The summed E-state index contributed by atoms with van der Waals surface area (Å²) in [6, 6.07) is 29.9. The molecule has 122 valence electrons. The molecule has 2 nitrogen and oxygen atoms in total. The second-order valence-electron chi connectivity index (χ2n) is 6.52. The van der Waals surface area contributed by atoms with Crippen LogP contribution in [0.25, 0.3) is 0 Å². The van der Waals surface area contributed by atoms with E-state index in [1.807, 2.05) is 24.3 Å². The first-order valence-corrected chi connectivity index (χ1v) is 8.92. The quantitative estimate of drug-likeness (QED) is 0.591. The molecule has 0 spiro atoms. The van der Waals surface area contributed by atoms with Gasteiger partial charge in [-0.2, -0.15) is 0 Å². The van der Waals surface area contributed by atoms with E-state index >= 15 is 0 Å². The SMILES string of the molecule is Clc1ccccc1[C@@H]1N=C(c2ccccc2)[C@H]2[C@@H](c3ccccc3)N12. The van der Waals surface area contributed by atoms with Crippen molar-refractivity contribution in [2.45, 2.75) is 18.2 Å². The van der Waals surface area contributed by atoms with Crippen molar-refractivity contribution >= 4 is 17.3 Å². The Bertz CT molecular complexity index is 937. The zero-order valence-electron chi connectivity index (χ0n) is 13.6. The van der Waals surface area contributed by atoms with Crippen molar-refractivity contribution in [3.63, 3.8) is 0 Å². The Hall–Kier alpha value is -2.42. The third-order valence-electron chi connectivity index (χ3n) is 5.07. The molecule has 2 heterocycles. The van der Waals surface area contributed by atoms with Crippen LogP contribution in [0.4, 0.5) is 0 Å². The summed E-state index contributed by atoms with van der Waals surface area (Å²) in [7, 11) is 0. The van der Waals surface area contributed by atoms with E-state index in [-0.39, 0.29) is 6.17 Å². The fourth-order valence-electron chi connectivity index (χ4n) is 3.89. The molecule has 2 aliphatic rings. The van der Waals surface area contributed by atoms with Gasteiger partial charge in [0.25, 0.3) is 0 Å². The average Bonchev–Trinajstić information content (AvgIpc) is 3.29. The zero-order valence-corrected chi connectivity index (χ0v) is 14.3. The van der Waals surface area contributed by atoms with Crippen LogP contribution < -0.4 is 0 Å². The standard InChI is InChI=1S/C22H17ClN2/c23-18-14-8-7-13-17(18)22-24-19(15-9-3-1-4-10-15)21-20(25(21)22)16-11-5-2-6-12-16/h1-14,20-22H/t20-,21+,22-,25?/m1/s1. The van der Waals surface area contributed by atoms with Crippen LogP contribution in [0.5, 0.6) is 0 Å². The van der Waals surface area contributed by atoms with Crippen molar-refractivity contribution in [2.24, 2.45) is 4.99 Å². The van der Waals surface area contributed by atoms with Gasteiger partial charge in [-0.25, -0.2) is 0 Å². The summed E-state index contributed by atoms with van der Waals surface area (Å²) in [5, 5.41) is 0.781. The van der Waals surface area contributed by atoms with E-state index < -0.39 is 0 Å². The number of hydrogen-bond acceptors (Lipinski definition) is 2. The van der Waals surface area contributed by atoms with Gasteiger partial charge >= 0.3 is 0 Å². The fraction of sp³-hybridized carbons (Fsp3) is 0.136. The van der Waals surface area contributed by atoms with Crippen molar-refractivity contribution < 1.29 is 0 Å². The van der Waals surface area contributed by atoms with Gasteiger partial charge in [-0.05, 0) is 17.2 Å². The van der Waals surface area contributed by atoms with Crippen LogP contribution in [-0.4, -0.2) is 16.7 Å². The molecule has 0 bridgehead atoms. The van der Waals surface area contributed by atoms with Crippen molar-refractivity contribution in [3.8, 4) is 0 Å².